The highest BCUT2D eigenvalue weighted by Gasteiger charge is 2.33. The van der Waals surface area contributed by atoms with Gasteiger partial charge in [0, 0.05) is 23.8 Å². The first-order valence-electron chi connectivity index (χ1n) is 7.36. The molecule has 0 fully saturated rings. The van der Waals surface area contributed by atoms with E-state index in [0.29, 0.717) is 5.39 Å². The zero-order chi connectivity index (χ0) is 16.0. The monoisotopic (exact) mass is 314 g/mol. The topological polar surface area (TPSA) is 16.1 Å². The Kier molecular flexibility index (Phi) is 3.04. The molecular weight excluding hydrogens is 301 g/mol. The maximum Gasteiger partial charge on any atom is 0.418 e. The smallest absolute Gasteiger partial charge is 0.340 e. The fourth-order valence-corrected chi connectivity index (χ4v) is 3.21. The van der Waals surface area contributed by atoms with Crippen LogP contribution in [0.4, 0.5) is 24.5 Å². The number of hydrogen-bond acceptors (Lipinski definition) is 2. The van der Waals surface area contributed by atoms with Crippen molar-refractivity contribution in [1.29, 1.82) is 0 Å². The van der Waals surface area contributed by atoms with E-state index in [0.717, 1.165) is 30.4 Å². The van der Waals surface area contributed by atoms with E-state index in [1.165, 1.54) is 17.8 Å². The molecule has 0 N–H and O–H groups in total. The summed E-state index contributed by atoms with van der Waals surface area (Å²) in [6, 6.07) is 14.0. The van der Waals surface area contributed by atoms with E-state index >= 15 is 0 Å². The summed E-state index contributed by atoms with van der Waals surface area (Å²) in [5, 5.41) is 0.527. The molecule has 1 aliphatic heterocycles. The van der Waals surface area contributed by atoms with Crippen LogP contribution in [0.5, 0.6) is 0 Å². The van der Waals surface area contributed by atoms with Crippen LogP contribution < -0.4 is 4.90 Å². The summed E-state index contributed by atoms with van der Waals surface area (Å²) in [6.45, 7) is 0.759. The first-order chi connectivity index (χ1) is 11.1. The number of pyridine rings is 1. The summed E-state index contributed by atoms with van der Waals surface area (Å²) in [4.78, 5) is 6.06. The third-order valence-electron chi connectivity index (χ3n) is 4.23. The van der Waals surface area contributed by atoms with Gasteiger partial charge in [-0.2, -0.15) is 13.2 Å². The predicted molar refractivity (Wildman–Crippen MR) is 83.9 cm³/mol. The van der Waals surface area contributed by atoms with E-state index in [1.54, 1.807) is 12.1 Å². The molecule has 0 radical (unpaired) electrons. The van der Waals surface area contributed by atoms with Gasteiger partial charge in [0.15, 0.2) is 0 Å². The van der Waals surface area contributed by atoms with Gasteiger partial charge in [0.05, 0.1) is 16.8 Å². The molecule has 0 saturated heterocycles. The molecule has 1 aromatic heterocycles. The fourth-order valence-electron chi connectivity index (χ4n) is 3.21. The molecule has 5 heteroatoms. The lowest BCUT2D eigenvalue weighted by Gasteiger charge is -2.22. The van der Waals surface area contributed by atoms with Crippen LogP contribution in [0.25, 0.3) is 10.9 Å². The molecule has 0 bridgehead atoms. The number of alkyl halides is 3. The van der Waals surface area contributed by atoms with E-state index in [-0.39, 0.29) is 5.52 Å². The number of hydrogen-bond donors (Lipinski definition) is 0. The van der Waals surface area contributed by atoms with Crippen molar-refractivity contribution >= 4 is 22.3 Å². The Morgan fingerprint density at radius 3 is 2.57 bits per heavy atom. The van der Waals surface area contributed by atoms with Crippen LogP contribution in [0.3, 0.4) is 0 Å². The molecule has 0 amide bonds. The molecule has 0 unspecified atom stereocenters. The van der Waals surface area contributed by atoms with Crippen molar-refractivity contribution in [3.8, 4) is 0 Å². The van der Waals surface area contributed by atoms with Gasteiger partial charge in [0.1, 0.15) is 0 Å². The average molecular weight is 314 g/mol. The van der Waals surface area contributed by atoms with E-state index in [2.05, 4.69) is 16.0 Å². The Morgan fingerprint density at radius 1 is 0.913 bits per heavy atom. The van der Waals surface area contributed by atoms with Crippen LogP contribution in [0.1, 0.15) is 11.1 Å². The largest absolute Gasteiger partial charge is 0.418 e. The van der Waals surface area contributed by atoms with Gasteiger partial charge in [-0.3, -0.25) is 4.98 Å². The first kappa shape index (κ1) is 14.1. The van der Waals surface area contributed by atoms with Gasteiger partial charge >= 0.3 is 6.18 Å². The van der Waals surface area contributed by atoms with Gasteiger partial charge in [-0.1, -0.05) is 30.3 Å². The third kappa shape index (κ3) is 2.23. The molecule has 0 spiro atoms. The number of nitrogens with zero attached hydrogens (tertiary/aromatic N) is 2. The molecule has 0 atom stereocenters. The van der Waals surface area contributed by atoms with Gasteiger partial charge in [-0.15, -0.1) is 0 Å². The van der Waals surface area contributed by atoms with Gasteiger partial charge in [0.25, 0.3) is 0 Å². The molecule has 4 rings (SSSR count). The second kappa shape index (κ2) is 4.98. The Hall–Kier alpha value is -2.56. The second-order valence-corrected chi connectivity index (χ2v) is 5.56. The number of benzene rings is 2. The molecule has 2 heterocycles. The SMILES string of the molecule is FC(F)(F)c1cccc2c(N3CCc4ccccc43)ccnc12. The summed E-state index contributed by atoms with van der Waals surface area (Å²) in [5.74, 6) is 0. The maximum absolute atomic E-state index is 13.2. The minimum atomic E-state index is -4.41. The number of anilines is 2. The quantitative estimate of drug-likeness (QED) is 0.632. The normalized spacial score (nSPS) is 14.3. The highest BCUT2D eigenvalue weighted by molar-refractivity contribution is 5.96. The Bertz CT molecular complexity index is 887. The van der Waals surface area contributed by atoms with Crippen LogP contribution in [0, 0.1) is 0 Å². The molecule has 23 heavy (non-hydrogen) atoms. The van der Waals surface area contributed by atoms with Crippen LogP contribution in [0.2, 0.25) is 0 Å². The second-order valence-electron chi connectivity index (χ2n) is 5.56. The van der Waals surface area contributed by atoms with Crippen molar-refractivity contribution in [3.05, 3.63) is 65.9 Å². The zero-order valence-electron chi connectivity index (χ0n) is 12.1. The van der Waals surface area contributed by atoms with Gasteiger partial charge in [-0.05, 0) is 30.2 Å². The van der Waals surface area contributed by atoms with Crippen molar-refractivity contribution in [2.75, 3.05) is 11.4 Å². The lowest BCUT2D eigenvalue weighted by atomic mass is 10.1. The number of aromatic nitrogens is 1. The molecule has 3 aromatic rings. The van der Waals surface area contributed by atoms with Gasteiger partial charge < -0.3 is 4.90 Å². The summed E-state index contributed by atoms with van der Waals surface area (Å²) in [6.07, 6.45) is -2.07. The molecular formula is C18H13F3N2. The first-order valence-corrected chi connectivity index (χ1v) is 7.36. The molecule has 0 saturated carbocycles. The Morgan fingerprint density at radius 2 is 1.74 bits per heavy atom. The lowest BCUT2D eigenvalue weighted by molar-refractivity contribution is -0.136. The number of rotatable bonds is 1. The lowest BCUT2D eigenvalue weighted by Crippen LogP contribution is -2.14. The van der Waals surface area contributed by atoms with E-state index in [1.807, 2.05) is 18.2 Å². The van der Waals surface area contributed by atoms with Crippen molar-refractivity contribution in [1.82, 2.24) is 4.98 Å². The average Bonchev–Trinajstić information content (AvgIpc) is 2.96. The van der Waals surface area contributed by atoms with E-state index in [9.17, 15) is 13.2 Å². The Labute approximate surface area is 131 Å². The van der Waals surface area contributed by atoms with Gasteiger partial charge in [0.2, 0.25) is 0 Å². The minimum Gasteiger partial charge on any atom is -0.340 e. The molecule has 0 aliphatic carbocycles. The summed E-state index contributed by atoms with van der Waals surface area (Å²) >= 11 is 0. The van der Waals surface area contributed by atoms with Crippen molar-refractivity contribution in [3.63, 3.8) is 0 Å². The third-order valence-corrected chi connectivity index (χ3v) is 4.23. The van der Waals surface area contributed by atoms with Gasteiger partial charge in [-0.25, -0.2) is 0 Å². The van der Waals surface area contributed by atoms with Crippen LogP contribution in [-0.4, -0.2) is 11.5 Å². The minimum absolute atomic E-state index is 0.00174. The molecule has 2 aromatic carbocycles. The highest BCUT2D eigenvalue weighted by Crippen LogP contribution is 2.40. The van der Waals surface area contributed by atoms with Crippen molar-refractivity contribution in [2.45, 2.75) is 12.6 Å². The summed E-state index contributed by atoms with van der Waals surface area (Å²) < 4.78 is 39.6. The zero-order valence-corrected chi connectivity index (χ0v) is 12.1. The number of para-hydroxylation sites is 2. The van der Waals surface area contributed by atoms with Crippen LogP contribution >= 0.6 is 0 Å². The maximum atomic E-state index is 13.2. The molecule has 1 aliphatic rings. The Balaban J connectivity index is 1.93. The number of fused-ring (bicyclic) bond motifs is 2. The molecule has 116 valence electrons. The predicted octanol–water partition coefficient (Wildman–Crippen LogP) is 4.95. The van der Waals surface area contributed by atoms with Crippen molar-refractivity contribution < 1.29 is 13.2 Å². The van der Waals surface area contributed by atoms with Crippen LogP contribution in [-0.2, 0) is 12.6 Å². The molecule has 2 nitrogen and oxygen atoms in total. The summed E-state index contributed by atoms with van der Waals surface area (Å²) in [5.41, 5.74) is 2.35. The fraction of sp³-hybridized carbons (Fsp3) is 0.167. The standard InChI is InChI=1S/C18H13F3N2/c19-18(20,21)14-6-3-5-13-16(8-10-22-17(13)14)23-11-9-12-4-1-2-7-15(12)23/h1-8,10H,9,11H2. The van der Waals surface area contributed by atoms with Crippen LogP contribution in [0.15, 0.2) is 54.7 Å². The summed E-state index contributed by atoms with van der Waals surface area (Å²) in [7, 11) is 0. The van der Waals surface area contributed by atoms with E-state index < -0.39 is 11.7 Å². The number of halogens is 3. The van der Waals surface area contributed by atoms with E-state index in [4.69, 9.17) is 0 Å². The van der Waals surface area contributed by atoms with Crippen molar-refractivity contribution in [2.24, 2.45) is 0 Å². The highest BCUT2D eigenvalue weighted by atomic mass is 19.4.